The van der Waals surface area contributed by atoms with Crippen LogP contribution in [0.1, 0.15) is 24.1 Å². The van der Waals surface area contributed by atoms with E-state index in [9.17, 15) is 9.59 Å². The highest BCUT2D eigenvalue weighted by molar-refractivity contribution is 7.17. The van der Waals surface area contributed by atoms with Crippen LogP contribution in [0.5, 0.6) is 0 Å². The molecule has 0 saturated carbocycles. The Kier molecular flexibility index (Phi) is 5.30. The summed E-state index contributed by atoms with van der Waals surface area (Å²) in [4.78, 5) is 31.6. The van der Waals surface area contributed by atoms with E-state index in [-0.39, 0.29) is 11.5 Å². The van der Waals surface area contributed by atoms with Crippen molar-refractivity contribution in [1.82, 2.24) is 9.55 Å². The fourth-order valence-corrected chi connectivity index (χ4v) is 5.01. The first-order chi connectivity index (χ1) is 15.9. The third kappa shape index (κ3) is 3.83. The Hall–Kier alpha value is -3.77. The number of amides is 1. The average molecular weight is 454 g/mol. The van der Waals surface area contributed by atoms with Gasteiger partial charge in [0, 0.05) is 16.6 Å². The Morgan fingerprint density at radius 2 is 1.82 bits per heavy atom. The van der Waals surface area contributed by atoms with Crippen LogP contribution in [0.2, 0.25) is 0 Å². The Morgan fingerprint density at radius 1 is 1.03 bits per heavy atom. The molecule has 0 radical (unpaired) electrons. The van der Waals surface area contributed by atoms with Gasteiger partial charge in [0.2, 0.25) is 5.91 Å². The summed E-state index contributed by atoms with van der Waals surface area (Å²) in [6, 6.07) is 19.4. The molecule has 0 spiro atoms. The van der Waals surface area contributed by atoms with Gasteiger partial charge in [0.1, 0.15) is 10.9 Å². The summed E-state index contributed by atoms with van der Waals surface area (Å²) in [5.41, 5.74) is 4.44. The van der Waals surface area contributed by atoms with Crippen LogP contribution in [-0.4, -0.2) is 15.5 Å². The summed E-state index contributed by atoms with van der Waals surface area (Å²) in [7, 11) is 0. The first-order valence-electron chi connectivity index (χ1n) is 10.8. The largest absolute Gasteiger partial charge is 0.324 e. The van der Waals surface area contributed by atoms with Gasteiger partial charge in [-0.2, -0.15) is 0 Å². The Bertz CT molecular complexity index is 1580. The molecule has 0 aliphatic rings. The van der Waals surface area contributed by atoms with Crippen molar-refractivity contribution in [2.24, 2.45) is 0 Å². The molecule has 164 valence electrons. The number of fused-ring (bicyclic) bond motifs is 2. The van der Waals surface area contributed by atoms with Crippen LogP contribution in [0, 0.1) is 13.8 Å². The summed E-state index contributed by atoms with van der Waals surface area (Å²) in [5.74, 6) is -0.257. The van der Waals surface area contributed by atoms with E-state index in [0.717, 1.165) is 38.7 Å². The predicted octanol–water partition coefficient (Wildman–Crippen LogP) is 6.09. The molecule has 5 rings (SSSR count). The molecule has 2 heterocycles. The lowest BCUT2D eigenvalue weighted by molar-refractivity contribution is -0.118. The molecule has 0 bridgehead atoms. The summed E-state index contributed by atoms with van der Waals surface area (Å²) >= 11 is 1.44. The van der Waals surface area contributed by atoms with Crippen LogP contribution < -0.4 is 10.9 Å². The molecule has 1 unspecified atom stereocenters. The van der Waals surface area contributed by atoms with E-state index in [1.165, 1.54) is 22.2 Å². The number of anilines is 1. The monoisotopic (exact) mass is 453 g/mol. The SMILES string of the molecule is Cc1ccc(NC(=O)C(C)n2cnc3scc(-c4ccc5ccccc5c4)c3c2=O)c(C)c1. The molecule has 2 aromatic heterocycles. The lowest BCUT2D eigenvalue weighted by Gasteiger charge is -2.16. The number of carbonyl (C=O) groups is 1. The van der Waals surface area contributed by atoms with Gasteiger partial charge in [0.25, 0.3) is 5.56 Å². The number of rotatable bonds is 4. The van der Waals surface area contributed by atoms with Gasteiger partial charge in [-0.1, -0.05) is 54.1 Å². The zero-order valence-electron chi connectivity index (χ0n) is 18.6. The van der Waals surface area contributed by atoms with Crippen molar-refractivity contribution in [1.29, 1.82) is 0 Å². The summed E-state index contributed by atoms with van der Waals surface area (Å²) < 4.78 is 1.42. The second-order valence-corrected chi connectivity index (χ2v) is 9.19. The zero-order chi connectivity index (χ0) is 23.1. The van der Waals surface area contributed by atoms with E-state index in [0.29, 0.717) is 10.2 Å². The summed E-state index contributed by atoms with van der Waals surface area (Å²) in [6.07, 6.45) is 1.47. The zero-order valence-corrected chi connectivity index (χ0v) is 19.4. The maximum Gasteiger partial charge on any atom is 0.263 e. The molecule has 0 aliphatic heterocycles. The quantitative estimate of drug-likeness (QED) is 0.358. The van der Waals surface area contributed by atoms with Crippen molar-refractivity contribution in [2.45, 2.75) is 26.8 Å². The van der Waals surface area contributed by atoms with Gasteiger partial charge in [0.05, 0.1) is 11.7 Å². The van der Waals surface area contributed by atoms with Crippen LogP contribution in [0.3, 0.4) is 0 Å². The number of benzene rings is 3. The lowest BCUT2D eigenvalue weighted by Crippen LogP contribution is -2.31. The van der Waals surface area contributed by atoms with Crippen molar-refractivity contribution >= 4 is 43.9 Å². The van der Waals surface area contributed by atoms with Crippen molar-refractivity contribution in [3.63, 3.8) is 0 Å². The highest BCUT2D eigenvalue weighted by Crippen LogP contribution is 2.32. The molecule has 1 amide bonds. The van der Waals surface area contributed by atoms with Crippen LogP contribution in [0.15, 0.2) is 77.2 Å². The van der Waals surface area contributed by atoms with Gasteiger partial charge in [-0.25, -0.2) is 4.98 Å². The van der Waals surface area contributed by atoms with Crippen LogP contribution >= 0.6 is 11.3 Å². The van der Waals surface area contributed by atoms with Gasteiger partial charge in [-0.15, -0.1) is 11.3 Å². The van der Waals surface area contributed by atoms with Gasteiger partial charge < -0.3 is 5.32 Å². The number of nitrogens with zero attached hydrogens (tertiary/aromatic N) is 2. The highest BCUT2D eigenvalue weighted by Gasteiger charge is 2.21. The molecule has 33 heavy (non-hydrogen) atoms. The Balaban J connectivity index is 1.53. The molecule has 1 atom stereocenters. The Morgan fingerprint density at radius 3 is 2.61 bits per heavy atom. The van der Waals surface area contributed by atoms with Crippen LogP contribution in [0.25, 0.3) is 32.1 Å². The topological polar surface area (TPSA) is 64.0 Å². The fraction of sp³-hybridized carbons (Fsp3) is 0.148. The second-order valence-electron chi connectivity index (χ2n) is 8.33. The Labute approximate surface area is 195 Å². The van der Waals surface area contributed by atoms with Crippen LogP contribution in [-0.2, 0) is 4.79 Å². The normalized spacial score (nSPS) is 12.2. The standard InChI is InChI=1S/C27H23N3O2S/c1-16-8-11-23(17(2)12-16)29-25(31)18(3)30-15-28-26-24(27(30)32)22(14-33-26)21-10-9-19-6-4-5-7-20(19)13-21/h4-15,18H,1-3H3,(H,29,31). The molecule has 3 aromatic carbocycles. The number of aryl methyl sites for hydroxylation is 2. The molecule has 0 aliphatic carbocycles. The van der Waals surface area contributed by atoms with Gasteiger partial charge in [-0.3, -0.25) is 14.2 Å². The second kappa shape index (κ2) is 8.30. The first kappa shape index (κ1) is 21.1. The summed E-state index contributed by atoms with van der Waals surface area (Å²) in [6.45, 7) is 5.68. The molecule has 5 aromatic rings. The highest BCUT2D eigenvalue weighted by atomic mass is 32.1. The summed E-state index contributed by atoms with van der Waals surface area (Å²) in [5, 5.41) is 7.72. The predicted molar refractivity (Wildman–Crippen MR) is 136 cm³/mol. The minimum absolute atomic E-state index is 0.215. The molecule has 6 heteroatoms. The maximum absolute atomic E-state index is 13.5. The van der Waals surface area contributed by atoms with E-state index < -0.39 is 6.04 Å². The smallest absolute Gasteiger partial charge is 0.263 e. The van der Waals surface area contributed by atoms with E-state index in [1.807, 2.05) is 55.6 Å². The number of hydrogen-bond donors (Lipinski definition) is 1. The van der Waals surface area contributed by atoms with Crippen molar-refractivity contribution in [3.05, 3.63) is 93.9 Å². The molecule has 5 nitrogen and oxygen atoms in total. The van der Waals surface area contributed by atoms with E-state index in [4.69, 9.17) is 0 Å². The van der Waals surface area contributed by atoms with Crippen LogP contribution in [0.4, 0.5) is 5.69 Å². The van der Waals surface area contributed by atoms with Gasteiger partial charge >= 0.3 is 0 Å². The molecular weight excluding hydrogens is 430 g/mol. The fourth-order valence-electron chi connectivity index (χ4n) is 4.11. The molecule has 0 fully saturated rings. The number of aromatic nitrogens is 2. The molecule has 1 N–H and O–H groups in total. The van der Waals surface area contributed by atoms with Gasteiger partial charge in [-0.05, 0) is 54.8 Å². The third-order valence-electron chi connectivity index (χ3n) is 6.02. The first-order valence-corrected chi connectivity index (χ1v) is 11.7. The maximum atomic E-state index is 13.5. The number of thiophene rings is 1. The van der Waals surface area contributed by atoms with Crippen molar-refractivity contribution in [3.8, 4) is 11.1 Å². The average Bonchev–Trinajstić information content (AvgIpc) is 3.25. The molecule has 0 saturated heterocycles. The molecular formula is C27H23N3O2S. The third-order valence-corrected chi connectivity index (χ3v) is 6.90. The van der Waals surface area contributed by atoms with E-state index in [1.54, 1.807) is 6.92 Å². The number of hydrogen-bond acceptors (Lipinski definition) is 4. The minimum atomic E-state index is -0.709. The van der Waals surface area contributed by atoms with Crippen molar-refractivity contribution in [2.75, 3.05) is 5.32 Å². The number of nitrogens with one attached hydrogen (secondary N) is 1. The van der Waals surface area contributed by atoms with E-state index >= 15 is 0 Å². The number of carbonyl (C=O) groups excluding carboxylic acids is 1. The van der Waals surface area contributed by atoms with Crippen molar-refractivity contribution < 1.29 is 4.79 Å². The van der Waals surface area contributed by atoms with Gasteiger partial charge in [0.15, 0.2) is 0 Å². The minimum Gasteiger partial charge on any atom is -0.324 e. The lowest BCUT2D eigenvalue weighted by atomic mass is 10.0. The van der Waals surface area contributed by atoms with E-state index in [2.05, 4.69) is 34.6 Å².